The quantitative estimate of drug-likeness (QED) is 0.880. The molecule has 2 nitrogen and oxygen atoms in total. The molecule has 1 aliphatic carbocycles. The number of para-hydroxylation sites is 1. The van der Waals surface area contributed by atoms with Crippen molar-refractivity contribution in [3.63, 3.8) is 0 Å². The van der Waals surface area contributed by atoms with Crippen LogP contribution in [-0.4, -0.2) is 6.10 Å². The normalized spacial score (nSPS) is 26.6. The van der Waals surface area contributed by atoms with Gasteiger partial charge in [0.1, 0.15) is 5.75 Å². The molecule has 1 saturated carbocycles. The lowest BCUT2D eigenvalue weighted by Crippen LogP contribution is -2.35. The van der Waals surface area contributed by atoms with Crippen LogP contribution >= 0.6 is 0 Å². The zero-order chi connectivity index (χ0) is 13.4. The molecule has 0 spiro atoms. The first-order valence-corrected chi connectivity index (χ1v) is 6.87. The maximum Gasteiger partial charge on any atom is 0.124 e. The van der Waals surface area contributed by atoms with Crippen LogP contribution in [-0.2, 0) is 5.54 Å². The molecule has 2 N–H and O–H groups in total. The van der Waals surface area contributed by atoms with Crippen LogP contribution in [0.3, 0.4) is 0 Å². The molecule has 2 rings (SSSR count). The Morgan fingerprint density at radius 2 is 1.83 bits per heavy atom. The molecule has 0 saturated heterocycles. The number of benzene rings is 1. The molecule has 1 atom stereocenters. The van der Waals surface area contributed by atoms with Gasteiger partial charge < -0.3 is 10.5 Å². The first kappa shape index (κ1) is 13.4. The summed E-state index contributed by atoms with van der Waals surface area (Å²) in [6, 6.07) is 8.24. The molecular weight excluding hydrogens is 222 g/mol. The largest absolute Gasteiger partial charge is 0.491 e. The summed E-state index contributed by atoms with van der Waals surface area (Å²) in [6.45, 7) is 8.71. The Kier molecular flexibility index (Phi) is 3.41. The third kappa shape index (κ3) is 2.69. The Morgan fingerprint density at radius 1 is 1.17 bits per heavy atom. The second-order valence-corrected chi connectivity index (χ2v) is 6.66. The van der Waals surface area contributed by atoms with Gasteiger partial charge in [0.05, 0.1) is 6.10 Å². The van der Waals surface area contributed by atoms with Crippen LogP contribution in [0.5, 0.6) is 5.75 Å². The van der Waals surface area contributed by atoms with E-state index >= 15 is 0 Å². The second-order valence-electron chi connectivity index (χ2n) is 6.66. The van der Waals surface area contributed by atoms with E-state index in [0.717, 1.165) is 18.6 Å². The SMILES string of the molecule is CC(C)Oc1ccccc1C1(N)CCC(C)(C)C1. The van der Waals surface area contributed by atoms with Crippen LogP contribution < -0.4 is 10.5 Å². The van der Waals surface area contributed by atoms with E-state index in [2.05, 4.69) is 39.8 Å². The van der Waals surface area contributed by atoms with E-state index in [4.69, 9.17) is 10.5 Å². The van der Waals surface area contributed by atoms with E-state index in [1.54, 1.807) is 0 Å². The smallest absolute Gasteiger partial charge is 0.124 e. The first-order chi connectivity index (χ1) is 8.32. The van der Waals surface area contributed by atoms with Crippen molar-refractivity contribution in [1.29, 1.82) is 0 Å². The standard InChI is InChI=1S/C16H25NO/c1-12(2)18-14-8-6-5-7-13(14)16(17)10-9-15(3,4)11-16/h5-8,12H,9-11,17H2,1-4H3. The van der Waals surface area contributed by atoms with E-state index in [1.165, 1.54) is 12.0 Å². The minimum atomic E-state index is -0.227. The number of nitrogens with two attached hydrogens (primary N) is 1. The third-order valence-electron chi connectivity index (χ3n) is 3.83. The summed E-state index contributed by atoms with van der Waals surface area (Å²) in [5.41, 5.74) is 7.93. The van der Waals surface area contributed by atoms with Crippen molar-refractivity contribution in [3.8, 4) is 5.75 Å². The van der Waals surface area contributed by atoms with Crippen molar-refractivity contribution in [2.75, 3.05) is 0 Å². The summed E-state index contributed by atoms with van der Waals surface area (Å²) >= 11 is 0. The van der Waals surface area contributed by atoms with Crippen LogP contribution in [0.4, 0.5) is 0 Å². The molecule has 0 aliphatic heterocycles. The summed E-state index contributed by atoms with van der Waals surface area (Å²) < 4.78 is 5.91. The van der Waals surface area contributed by atoms with Crippen molar-refractivity contribution in [2.45, 2.75) is 58.6 Å². The highest BCUT2D eigenvalue weighted by molar-refractivity contribution is 5.40. The molecule has 0 aromatic heterocycles. The van der Waals surface area contributed by atoms with Gasteiger partial charge in [-0.2, -0.15) is 0 Å². The molecule has 1 unspecified atom stereocenters. The average Bonchev–Trinajstić information content (AvgIpc) is 2.54. The van der Waals surface area contributed by atoms with Gasteiger partial charge in [-0.25, -0.2) is 0 Å². The lowest BCUT2D eigenvalue weighted by atomic mass is 9.83. The van der Waals surface area contributed by atoms with Gasteiger partial charge in [-0.1, -0.05) is 32.0 Å². The van der Waals surface area contributed by atoms with E-state index in [-0.39, 0.29) is 11.6 Å². The van der Waals surface area contributed by atoms with E-state index in [0.29, 0.717) is 5.41 Å². The molecule has 1 aromatic rings. The van der Waals surface area contributed by atoms with Gasteiger partial charge in [0, 0.05) is 11.1 Å². The van der Waals surface area contributed by atoms with Crippen molar-refractivity contribution in [3.05, 3.63) is 29.8 Å². The van der Waals surface area contributed by atoms with Gasteiger partial charge in [-0.3, -0.25) is 0 Å². The Hall–Kier alpha value is -1.02. The van der Waals surface area contributed by atoms with Gasteiger partial charge in [0.15, 0.2) is 0 Å². The molecule has 0 heterocycles. The van der Waals surface area contributed by atoms with E-state index in [1.807, 2.05) is 12.1 Å². The summed E-state index contributed by atoms with van der Waals surface area (Å²) in [5.74, 6) is 0.952. The van der Waals surface area contributed by atoms with Crippen LogP contribution in [0.2, 0.25) is 0 Å². The molecule has 1 fully saturated rings. The summed E-state index contributed by atoms with van der Waals surface area (Å²) in [6.07, 6.45) is 3.43. The van der Waals surface area contributed by atoms with Crippen molar-refractivity contribution >= 4 is 0 Å². The molecule has 1 aliphatic rings. The van der Waals surface area contributed by atoms with Crippen molar-refractivity contribution in [2.24, 2.45) is 11.1 Å². The molecule has 2 heteroatoms. The van der Waals surface area contributed by atoms with Gasteiger partial charge in [0.2, 0.25) is 0 Å². The highest BCUT2D eigenvalue weighted by Crippen LogP contribution is 2.49. The summed E-state index contributed by atoms with van der Waals surface area (Å²) in [4.78, 5) is 0. The number of ether oxygens (including phenoxy) is 1. The van der Waals surface area contributed by atoms with Crippen LogP contribution in [0.15, 0.2) is 24.3 Å². The third-order valence-corrected chi connectivity index (χ3v) is 3.83. The zero-order valence-corrected chi connectivity index (χ0v) is 12.0. The lowest BCUT2D eigenvalue weighted by molar-refractivity contribution is 0.232. The number of hydrogen-bond acceptors (Lipinski definition) is 2. The zero-order valence-electron chi connectivity index (χ0n) is 12.0. The minimum Gasteiger partial charge on any atom is -0.491 e. The first-order valence-electron chi connectivity index (χ1n) is 6.87. The molecule has 0 amide bonds. The lowest BCUT2D eigenvalue weighted by Gasteiger charge is -2.29. The molecule has 100 valence electrons. The number of hydrogen-bond donors (Lipinski definition) is 1. The molecule has 0 bridgehead atoms. The Labute approximate surface area is 111 Å². The maximum atomic E-state index is 6.65. The fraction of sp³-hybridized carbons (Fsp3) is 0.625. The molecule has 0 radical (unpaired) electrons. The maximum absolute atomic E-state index is 6.65. The van der Waals surface area contributed by atoms with E-state index in [9.17, 15) is 0 Å². The van der Waals surface area contributed by atoms with Gasteiger partial charge >= 0.3 is 0 Å². The van der Waals surface area contributed by atoms with Crippen LogP contribution in [0.1, 0.15) is 52.5 Å². The fourth-order valence-corrected chi connectivity index (χ4v) is 3.06. The number of rotatable bonds is 3. The minimum absolute atomic E-state index is 0.184. The summed E-state index contributed by atoms with van der Waals surface area (Å²) in [5, 5.41) is 0. The molecule has 1 aromatic carbocycles. The second kappa shape index (κ2) is 4.58. The van der Waals surface area contributed by atoms with Gasteiger partial charge in [0.25, 0.3) is 0 Å². The summed E-state index contributed by atoms with van der Waals surface area (Å²) in [7, 11) is 0. The van der Waals surface area contributed by atoms with Crippen molar-refractivity contribution < 1.29 is 4.74 Å². The highest BCUT2D eigenvalue weighted by Gasteiger charge is 2.42. The topological polar surface area (TPSA) is 35.2 Å². The Balaban J connectivity index is 2.33. The predicted molar refractivity (Wildman–Crippen MR) is 75.7 cm³/mol. The Bertz CT molecular complexity index is 425. The van der Waals surface area contributed by atoms with Crippen LogP contribution in [0.25, 0.3) is 0 Å². The molecule has 18 heavy (non-hydrogen) atoms. The fourth-order valence-electron chi connectivity index (χ4n) is 3.06. The van der Waals surface area contributed by atoms with Crippen molar-refractivity contribution in [1.82, 2.24) is 0 Å². The average molecular weight is 247 g/mol. The monoisotopic (exact) mass is 247 g/mol. The van der Waals surface area contributed by atoms with Gasteiger partial charge in [-0.15, -0.1) is 0 Å². The Morgan fingerprint density at radius 3 is 2.39 bits per heavy atom. The highest BCUT2D eigenvalue weighted by atomic mass is 16.5. The van der Waals surface area contributed by atoms with Gasteiger partial charge in [-0.05, 0) is 44.6 Å². The molecular formula is C16H25NO. The van der Waals surface area contributed by atoms with Crippen LogP contribution in [0, 0.1) is 5.41 Å². The predicted octanol–water partition coefficient (Wildman–Crippen LogP) is 3.84. The van der Waals surface area contributed by atoms with E-state index < -0.39 is 0 Å².